The number of para-hydroxylation sites is 1. The fraction of sp³-hybridized carbons (Fsp3) is 0.647. The first kappa shape index (κ1) is 14.4. The highest BCUT2D eigenvalue weighted by Crippen LogP contribution is 2.35. The van der Waals surface area contributed by atoms with Crippen molar-refractivity contribution in [3.63, 3.8) is 0 Å². The van der Waals surface area contributed by atoms with E-state index in [2.05, 4.69) is 52.0 Å². The van der Waals surface area contributed by atoms with Crippen LogP contribution in [0.5, 0.6) is 5.75 Å². The Morgan fingerprint density at radius 2 is 2.00 bits per heavy atom. The third-order valence-electron chi connectivity index (χ3n) is 4.84. The molecule has 1 saturated heterocycles. The van der Waals surface area contributed by atoms with Gasteiger partial charge in [-0.25, -0.2) is 0 Å². The molecule has 2 atom stereocenters. The Kier molecular flexibility index (Phi) is 4.67. The molecule has 3 rings (SSSR count). The molecule has 2 aliphatic rings. The maximum absolute atomic E-state index is 5.77. The van der Waals surface area contributed by atoms with Gasteiger partial charge in [-0.05, 0) is 49.9 Å². The van der Waals surface area contributed by atoms with E-state index in [0.29, 0.717) is 10.7 Å². The quantitative estimate of drug-likeness (QED) is 0.771. The monoisotopic (exact) mass is 337 g/mol. The third-order valence-corrected chi connectivity index (χ3v) is 5.59. The number of rotatable bonds is 3. The van der Waals surface area contributed by atoms with Gasteiger partial charge in [-0.1, -0.05) is 41.1 Å². The van der Waals surface area contributed by atoms with Gasteiger partial charge in [0.15, 0.2) is 0 Å². The van der Waals surface area contributed by atoms with E-state index in [9.17, 15) is 0 Å². The van der Waals surface area contributed by atoms with E-state index in [1.54, 1.807) is 0 Å². The molecule has 1 fully saturated rings. The van der Waals surface area contributed by atoms with Gasteiger partial charge in [-0.2, -0.15) is 0 Å². The lowest BCUT2D eigenvalue weighted by atomic mass is 9.90. The van der Waals surface area contributed by atoms with E-state index in [-0.39, 0.29) is 0 Å². The van der Waals surface area contributed by atoms with Crippen LogP contribution in [-0.2, 0) is 0 Å². The van der Waals surface area contributed by atoms with Crippen LogP contribution in [0.15, 0.2) is 24.3 Å². The third kappa shape index (κ3) is 3.20. The highest BCUT2D eigenvalue weighted by atomic mass is 79.9. The first-order valence-corrected chi connectivity index (χ1v) is 8.74. The van der Waals surface area contributed by atoms with Crippen molar-refractivity contribution in [2.75, 3.05) is 26.2 Å². The van der Waals surface area contributed by atoms with E-state index >= 15 is 0 Å². The summed E-state index contributed by atoms with van der Waals surface area (Å²) in [5, 5.41) is 0. The van der Waals surface area contributed by atoms with Gasteiger partial charge in [0.2, 0.25) is 0 Å². The van der Waals surface area contributed by atoms with Crippen molar-refractivity contribution in [2.24, 2.45) is 5.92 Å². The molecule has 0 aromatic heterocycles. The summed E-state index contributed by atoms with van der Waals surface area (Å²) >= 11 is 3.74. The summed E-state index contributed by atoms with van der Waals surface area (Å²) in [6.07, 6.45) is 3.82. The van der Waals surface area contributed by atoms with Crippen molar-refractivity contribution in [3.05, 3.63) is 29.8 Å². The van der Waals surface area contributed by atoms with E-state index in [1.165, 1.54) is 38.0 Å². The summed E-state index contributed by atoms with van der Waals surface area (Å²) in [7, 11) is 0. The van der Waals surface area contributed by atoms with E-state index in [0.717, 1.165) is 24.7 Å². The molecule has 1 aromatic carbocycles. The molecule has 2 nitrogen and oxygen atoms in total. The van der Waals surface area contributed by atoms with Crippen molar-refractivity contribution in [2.45, 2.75) is 36.9 Å². The zero-order valence-electron chi connectivity index (χ0n) is 12.2. The topological polar surface area (TPSA) is 12.5 Å². The molecular weight excluding hydrogens is 314 g/mol. The average molecular weight is 338 g/mol. The van der Waals surface area contributed by atoms with Crippen LogP contribution < -0.4 is 4.74 Å². The SMILES string of the molecule is CC(Br)C1CCN(CC2CCOc3ccccc32)CC1. The standard InChI is InChI=1S/C17H24BrNO/c1-13(18)14-6-9-19(10-7-14)12-15-8-11-20-17-5-3-2-4-16(15)17/h2-5,13-15H,6-12H2,1H3. The highest BCUT2D eigenvalue weighted by Gasteiger charge is 2.27. The van der Waals surface area contributed by atoms with Gasteiger partial charge >= 0.3 is 0 Å². The number of fused-ring (bicyclic) bond motifs is 1. The lowest BCUT2D eigenvalue weighted by molar-refractivity contribution is 0.160. The number of nitrogens with zero attached hydrogens (tertiary/aromatic N) is 1. The van der Waals surface area contributed by atoms with Gasteiger partial charge in [0.25, 0.3) is 0 Å². The molecule has 0 saturated carbocycles. The van der Waals surface area contributed by atoms with E-state index in [4.69, 9.17) is 4.74 Å². The average Bonchev–Trinajstić information content (AvgIpc) is 2.48. The van der Waals surface area contributed by atoms with E-state index < -0.39 is 0 Å². The van der Waals surface area contributed by atoms with Crippen LogP contribution in [0.25, 0.3) is 0 Å². The Balaban J connectivity index is 1.60. The number of benzene rings is 1. The Bertz CT molecular complexity index is 440. The van der Waals surface area contributed by atoms with Crippen LogP contribution >= 0.6 is 15.9 Å². The maximum atomic E-state index is 5.77. The Labute approximate surface area is 130 Å². The molecule has 2 aliphatic heterocycles. The maximum Gasteiger partial charge on any atom is 0.122 e. The lowest BCUT2D eigenvalue weighted by Gasteiger charge is -2.36. The van der Waals surface area contributed by atoms with E-state index in [1.807, 2.05) is 0 Å². The molecule has 0 amide bonds. The van der Waals surface area contributed by atoms with Gasteiger partial charge in [-0.15, -0.1) is 0 Å². The minimum absolute atomic E-state index is 0.651. The first-order valence-electron chi connectivity index (χ1n) is 7.82. The number of hydrogen-bond donors (Lipinski definition) is 0. The molecule has 0 bridgehead atoms. The number of hydrogen-bond acceptors (Lipinski definition) is 2. The second kappa shape index (κ2) is 6.48. The van der Waals surface area contributed by atoms with Crippen LogP contribution in [0.3, 0.4) is 0 Å². The van der Waals surface area contributed by atoms with Crippen LogP contribution in [0.4, 0.5) is 0 Å². The number of likely N-dealkylation sites (tertiary alicyclic amines) is 1. The van der Waals surface area contributed by atoms with Gasteiger partial charge in [0, 0.05) is 17.3 Å². The molecular formula is C17H24BrNO. The van der Waals surface area contributed by atoms with Crippen LogP contribution in [0.2, 0.25) is 0 Å². The summed E-state index contributed by atoms with van der Waals surface area (Å²) in [4.78, 5) is 3.31. The number of ether oxygens (including phenoxy) is 1. The number of alkyl halides is 1. The van der Waals surface area contributed by atoms with Gasteiger partial charge in [-0.3, -0.25) is 0 Å². The minimum atomic E-state index is 0.651. The smallest absolute Gasteiger partial charge is 0.122 e. The molecule has 1 aromatic rings. The molecule has 0 spiro atoms. The first-order chi connectivity index (χ1) is 9.74. The van der Waals surface area contributed by atoms with Crippen LogP contribution in [-0.4, -0.2) is 36.0 Å². The van der Waals surface area contributed by atoms with Gasteiger partial charge in [0.05, 0.1) is 6.61 Å². The summed E-state index contributed by atoms with van der Waals surface area (Å²) in [5.41, 5.74) is 1.41. The second-order valence-electron chi connectivity index (χ2n) is 6.19. The zero-order chi connectivity index (χ0) is 13.9. The molecule has 0 N–H and O–H groups in total. The Morgan fingerprint density at radius 1 is 1.25 bits per heavy atom. The summed E-state index contributed by atoms with van der Waals surface area (Å²) in [6.45, 7) is 6.86. The molecule has 20 heavy (non-hydrogen) atoms. The minimum Gasteiger partial charge on any atom is -0.493 e. The molecule has 2 heterocycles. The predicted octanol–water partition coefficient (Wildman–Crippen LogP) is 4.05. The normalized spacial score (nSPS) is 25.8. The van der Waals surface area contributed by atoms with Gasteiger partial charge in [0.1, 0.15) is 5.75 Å². The van der Waals surface area contributed by atoms with Crippen molar-refractivity contribution in [1.82, 2.24) is 4.90 Å². The molecule has 0 radical (unpaired) electrons. The zero-order valence-corrected chi connectivity index (χ0v) is 13.8. The molecule has 110 valence electrons. The van der Waals surface area contributed by atoms with Crippen molar-refractivity contribution >= 4 is 15.9 Å². The fourth-order valence-electron chi connectivity index (χ4n) is 3.51. The number of halogens is 1. The van der Waals surface area contributed by atoms with Crippen LogP contribution in [0, 0.1) is 5.92 Å². The Morgan fingerprint density at radius 3 is 2.75 bits per heavy atom. The van der Waals surface area contributed by atoms with Crippen molar-refractivity contribution in [3.8, 4) is 5.75 Å². The molecule has 2 unspecified atom stereocenters. The fourth-order valence-corrected chi connectivity index (χ4v) is 4.04. The van der Waals surface area contributed by atoms with Gasteiger partial charge < -0.3 is 9.64 Å². The Hall–Kier alpha value is -0.540. The predicted molar refractivity (Wildman–Crippen MR) is 86.8 cm³/mol. The summed E-state index contributed by atoms with van der Waals surface area (Å²) in [6, 6.07) is 8.57. The number of piperidine rings is 1. The second-order valence-corrected chi connectivity index (χ2v) is 7.63. The lowest BCUT2D eigenvalue weighted by Crippen LogP contribution is -2.39. The van der Waals surface area contributed by atoms with Crippen molar-refractivity contribution in [1.29, 1.82) is 0 Å². The van der Waals surface area contributed by atoms with Crippen LogP contribution in [0.1, 0.15) is 37.7 Å². The molecule has 0 aliphatic carbocycles. The highest BCUT2D eigenvalue weighted by molar-refractivity contribution is 9.09. The molecule has 3 heteroatoms. The summed E-state index contributed by atoms with van der Waals surface area (Å²) < 4.78 is 5.77. The summed E-state index contributed by atoms with van der Waals surface area (Å²) in [5.74, 6) is 2.61. The largest absolute Gasteiger partial charge is 0.493 e. The van der Waals surface area contributed by atoms with Crippen molar-refractivity contribution < 1.29 is 4.74 Å².